The number of ether oxygens (including phenoxy) is 3. The number of carbonyl (C=O) groups is 3. The minimum atomic E-state index is -2.05. The number of rotatable bonds is 3. The summed E-state index contributed by atoms with van der Waals surface area (Å²) in [6.07, 6.45) is 0. The molecule has 0 amide bonds. The molecule has 1 rings (SSSR count). The molecule has 0 radical (unpaired) electrons. The number of ketones is 1. The van der Waals surface area contributed by atoms with Crippen molar-refractivity contribution in [3.8, 4) is 0 Å². The molecule has 0 N–H and O–H groups in total. The van der Waals surface area contributed by atoms with Crippen molar-refractivity contribution in [1.82, 2.24) is 0 Å². The second kappa shape index (κ2) is 7.21. The third kappa shape index (κ3) is 4.04. The average molecular weight is 394 g/mol. The van der Waals surface area contributed by atoms with Crippen LogP contribution in [0.25, 0.3) is 0 Å². The minimum absolute atomic E-state index is 0.0139. The number of esters is 2. The van der Waals surface area contributed by atoms with Crippen LogP contribution in [0.1, 0.15) is 62.3 Å². The predicted molar refractivity (Wildman–Crippen MR) is 102 cm³/mol. The third-order valence-corrected chi connectivity index (χ3v) is 4.31. The molecular formula is C21H30O7. The molecule has 0 aromatic rings. The fraction of sp³-hybridized carbons (Fsp3) is 0.667. The Bertz CT molecular complexity index is 775. The number of Topliss-reactive ketones (excluding diaryl/α,β-unsaturated/α-hetero) is 1. The quantitative estimate of drug-likeness (QED) is 0.314. The van der Waals surface area contributed by atoms with Gasteiger partial charge in [0, 0.05) is 16.2 Å². The van der Waals surface area contributed by atoms with Crippen LogP contribution < -0.4 is 0 Å². The van der Waals surface area contributed by atoms with E-state index in [9.17, 15) is 19.2 Å². The summed E-state index contributed by atoms with van der Waals surface area (Å²) in [5.41, 5.74) is -3.64. The predicted octanol–water partition coefficient (Wildman–Crippen LogP) is 3.15. The maximum atomic E-state index is 13.0. The van der Waals surface area contributed by atoms with Gasteiger partial charge in [0.05, 0.1) is 7.11 Å². The molecule has 0 aromatic heterocycles. The number of carbonyl (C=O) groups excluding carboxylic acids is 4. The molecule has 1 aliphatic rings. The molecule has 0 spiro atoms. The summed E-state index contributed by atoms with van der Waals surface area (Å²) >= 11 is 0. The van der Waals surface area contributed by atoms with Crippen LogP contribution in [0.15, 0.2) is 16.9 Å². The highest BCUT2D eigenvalue weighted by molar-refractivity contribution is 6.16. The van der Waals surface area contributed by atoms with Crippen molar-refractivity contribution in [3.63, 3.8) is 0 Å². The van der Waals surface area contributed by atoms with Gasteiger partial charge >= 0.3 is 11.9 Å². The van der Waals surface area contributed by atoms with Crippen molar-refractivity contribution in [2.24, 2.45) is 16.2 Å². The first-order chi connectivity index (χ1) is 12.4. The van der Waals surface area contributed by atoms with E-state index in [1.54, 1.807) is 68.3 Å². The maximum absolute atomic E-state index is 13.0. The Kier molecular flexibility index (Phi) is 6.08. The first kappa shape index (κ1) is 23.6. The Morgan fingerprint density at radius 1 is 0.964 bits per heavy atom. The van der Waals surface area contributed by atoms with E-state index in [1.807, 2.05) is 0 Å². The van der Waals surface area contributed by atoms with Crippen molar-refractivity contribution < 1.29 is 33.4 Å². The second-order valence-electron chi connectivity index (χ2n) is 9.86. The van der Waals surface area contributed by atoms with Crippen LogP contribution in [0, 0.1) is 16.2 Å². The molecule has 7 nitrogen and oxygen atoms in total. The van der Waals surface area contributed by atoms with Gasteiger partial charge < -0.3 is 14.2 Å². The van der Waals surface area contributed by atoms with E-state index in [2.05, 4.69) is 0 Å². The topological polar surface area (TPSA) is 96.0 Å². The number of methoxy groups -OCH3 is 1. The maximum Gasteiger partial charge on any atom is 0.352 e. The highest BCUT2D eigenvalue weighted by Crippen LogP contribution is 2.49. The summed E-state index contributed by atoms with van der Waals surface area (Å²) in [7, 11) is 1.13. The van der Waals surface area contributed by atoms with E-state index in [4.69, 9.17) is 14.2 Å². The van der Waals surface area contributed by atoms with E-state index in [0.29, 0.717) is 0 Å². The first-order valence-corrected chi connectivity index (χ1v) is 9.00. The molecule has 28 heavy (non-hydrogen) atoms. The number of cyclic esters (lactones) is 1. The molecule has 0 bridgehead atoms. The Hall–Kier alpha value is -2.40. The fourth-order valence-electron chi connectivity index (χ4n) is 2.72. The number of allylic oxidation sites excluding steroid dienone is 1. The molecule has 1 heterocycles. The lowest BCUT2D eigenvalue weighted by Crippen LogP contribution is -2.57. The van der Waals surface area contributed by atoms with Gasteiger partial charge in [-0.05, 0) is 0 Å². The molecular weight excluding hydrogens is 364 g/mol. The summed E-state index contributed by atoms with van der Waals surface area (Å²) in [6, 6.07) is 0. The van der Waals surface area contributed by atoms with Gasteiger partial charge in [-0.2, -0.15) is 0 Å². The van der Waals surface area contributed by atoms with Gasteiger partial charge in [-0.25, -0.2) is 14.4 Å². The van der Waals surface area contributed by atoms with E-state index in [1.165, 1.54) is 0 Å². The Balaban J connectivity index is 3.90. The van der Waals surface area contributed by atoms with Crippen molar-refractivity contribution >= 4 is 23.7 Å². The van der Waals surface area contributed by atoms with Gasteiger partial charge in [0.25, 0.3) is 5.79 Å². The van der Waals surface area contributed by atoms with Gasteiger partial charge in [-0.15, -0.1) is 0 Å². The summed E-state index contributed by atoms with van der Waals surface area (Å²) in [5, 5.41) is 0. The zero-order chi connectivity index (χ0) is 22.3. The molecule has 0 saturated carbocycles. The smallest absolute Gasteiger partial charge is 0.352 e. The molecule has 0 aromatic carbocycles. The first-order valence-electron chi connectivity index (χ1n) is 9.00. The Morgan fingerprint density at radius 3 is 1.79 bits per heavy atom. The van der Waals surface area contributed by atoms with Gasteiger partial charge in [0.2, 0.25) is 0 Å². The highest BCUT2D eigenvalue weighted by atomic mass is 16.7. The molecule has 0 saturated heterocycles. The van der Waals surface area contributed by atoms with E-state index < -0.39 is 50.9 Å². The summed E-state index contributed by atoms with van der Waals surface area (Å²) in [5.74, 6) is -2.92. The van der Waals surface area contributed by atoms with Crippen LogP contribution >= 0.6 is 0 Å². The Morgan fingerprint density at radius 2 is 1.46 bits per heavy atom. The largest absolute Gasteiger partial charge is 0.465 e. The standard InChI is InChI=1S/C21H30O7/c1-18(2,3)14(23)12(11-22)21(20(7,8)9)27-15(19(4,5)6)13(16(24)26-10)17(25)28-21/h1-10H3. The summed E-state index contributed by atoms with van der Waals surface area (Å²) in [6.45, 7) is 15.1. The monoisotopic (exact) mass is 394 g/mol. The van der Waals surface area contributed by atoms with Gasteiger partial charge in [0.15, 0.2) is 16.9 Å². The lowest BCUT2D eigenvalue weighted by Gasteiger charge is -2.48. The molecule has 7 heteroatoms. The average Bonchev–Trinajstić information content (AvgIpc) is 2.51. The SMILES string of the molecule is COC(=O)C1=C(C(C)(C)C)OC(C(=C=O)C(=O)C(C)(C)C)(C(C)(C)C)OC1=O. The van der Waals surface area contributed by atoms with Crippen LogP contribution in [0.2, 0.25) is 0 Å². The van der Waals surface area contributed by atoms with Crippen molar-refractivity contribution in [2.75, 3.05) is 7.11 Å². The summed E-state index contributed by atoms with van der Waals surface area (Å²) in [4.78, 5) is 50.0. The zero-order valence-corrected chi connectivity index (χ0v) is 18.4. The van der Waals surface area contributed by atoms with Crippen LogP contribution in [-0.2, 0) is 33.4 Å². The molecule has 0 fully saturated rings. The molecule has 156 valence electrons. The minimum Gasteiger partial charge on any atom is -0.465 e. The lowest BCUT2D eigenvalue weighted by atomic mass is 9.73. The van der Waals surface area contributed by atoms with Crippen molar-refractivity contribution in [3.05, 3.63) is 16.9 Å². The molecule has 1 atom stereocenters. The molecule has 0 aliphatic carbocycles. The molecule has 1 aliphatic heterocycles. The van der Waals surface area contributed by atoms with Crippen LogP contribution in [0.5, 0.6) is 0 Å². The second-order valence-corrected chi connectivity index (χ2v) is 9.86. The lowest BCUT2D eigenvalue weighted by molar-refractivity contribution is -0.250. The van der Waals surface area contributed by atoms with Gasteiger partial charge in [-0.1, -0.05) is 62.3 Å². The highest BCUT2D eigenvalue weighted by Gasteiger charge is 2.61. The zero-order valence-electron chi connectivity index (χ0n) is 18.4. The van der Waals surface area contributed by atoms with Crippen molar-refractivity contribution in [1.29, 1.82) is 0 Å². The third-order valence-electron chi connectivity index (χ3n) is 4.31. The van der Waals surface area contributed by atoms with Gasteiger partial charge in [-0.3, -0.25) is 4.79 Å². The van der Waals surface area contributed by atoms with Crippen LogP contribution in [0.4, 0.5) is 0 Å². The van der Waals surface area contributed by atoms with Crippen molar-refractivity contribution in [2.45, 2.75) is 68.1 Å². The van der Waals surface area contributed by atoms with E-state index in [0.717, 1.165) is 7.11 Å². The summed E-state index contributed by atoms with van der Waals surface area (Å²) < 4.78 is 16.3. The number of hydrogen-bond donors (Lipinski definition) is 0. The Labute approximate surface area is 166 Å². The van der Waals surface area contributed by atoms with E-state index in [-0.39, 0.29) is 5.76 Å². The van der Waals surface area contributed by atoms with Crippen LogP contribution in [-0.4, -0.2) is 36.6 Å². The molecule has 1 unspecified atom stereocenters. The fourth-order valence-corrected chi connectivity index (χ4v) is 2.72. The van der Waals surface area contributed by atoms with Crippen LogP contribution in [0.3, 0.4) is 0 Å². The normalized spacial score (nSPS) is 20.7. The van der Waals surface area contributed by atoms with E-state index >= 15 is 0 Å². The number of hydrogen-bond acceptors (Lipinski definition) is 7. The van der Waals surface area contributed by atoms with Gasteiger partial charge in [0.1, 0.15) is 11.7 Å².